The molecule has 0 radical (unpaired) electrons. The largest absolute Gasteiger partial charge is 0.278 e. The first-order valence-corrected chi connectivity index (χ1v) is 3.94. The molecule has 0 aliphatic heterocycles. The highest BCUT2D eigenvalue weighted by Crippen LogP contribution is 2.13. The zero-order valence-electron chi connectivity index (χ0n) is 6.91. The predicted molar refractivity (Wildman–Crippen MR) is 52.2 cm³/mol. The molecule has 2 rings (SSSR count). The molecule has 1 heterocycles. The minimum atomic E-state index is 1.02. The molecule has 0 fully saturated rings. The summed E-state index contributed by atoms with van der Waals surface area (Å²) in [6.45, 7) is 0. The minimum Gasteiger partial charge on any atom is -0.278 e. The summed E-state index contributed by atoms with van der Waals surface area (Å²) < 4.78 is 0. The summed E-state index contributed by atoms with van der Waals surface area (Å²) in [7, 11) is 1.98. The van der Waals surface area contributed by atoms with Crippen LogP contribution in [0.4, 0.5) is 0 Å². The quantitative estimate of drug-likeness (QED) is 0.592. The molecule has 58 valence electrons. The maximum atomic E-state index is 4.07. The van der Waals surface area contributed by atoms with Crippen molar-refractivity contribution in [2.75, 3.05) is 0 Å². The average Bonchev–Trinajstić information content (AvgIpc) is 2.54. The van der Waals surface area contributed by atoms with Gasteiger partial charge in [0.25, 0.3) is 0 Å². The van der Waals surface area contributed by atoms with Crippen LogP contribution in [0.25, 0.3) is 11.3 Å². The van der Waals surface area contributed by atoms with Crippen molar-refractivity contribution in [3.8, 4) is 11.3 Å². The molecule has 0 unspecified atom stereocenters. The van der Waals surface area contributed by atoms with Crippen molar-refractivity contribution < 1.29 is 0 Å². The van der Waals surface area contributed by atoms with Crippen LogP contribution in [0.1, 0.15) is 0 Å². The summed E-state index contributed by atoms with van der Waals surface area (Å²) in [6, 6.07) is 12.2. The Morgan fingerprint density at radius 1 is 1.17 bits per heavy atom. The Kier molecular flexibility index (Phi) is 1.70. The zero-order chi connectivity index (χ0) is 8.39. The minimum absolute atomic E-state index is 1.02. The van der Waals surface area contributed by atoms with Crippen molar-refractivity contribution in [1.82, 2.24) is 10.2 Å². The van der Waals surface area contributed by atoms with Gasteiger partial charge in [0.15, 0.2) is 7.85 Å². The second-order valence-corrected chi connectivity index (χ2v) is 2.79. The van der Waals surface area contributed by atoms with Crippen molar-refractivity contribution in [2.45, 2.75) is 0 Å². The number of hydrogen-bond acceptors (Lipinski definition) is 1. The highest BCUT2D eigenvalue weighted by atomic mass is 15.1. The highest BCUT2D eigenvalue weighted by Gasteiger charge is 1.97. The molecular weight excluding hydrogens is 147 g/mol. The summed E-state index contributed by atoms with van der Waals surface area (Å²) in [4.78, 5) is 0. The van der Waals surface area contributed by atoms with Gasteiger partial charge in [0, 0.05) is 5.59 Å². The molecule has 1 aromatic heterocycles. The first-order valence-electron chi connectivity index (χ1n) is 3.94. The van der Waals surface area contributed by atoms with Crippen LogP contribution < -0.4 is 5.59 Å². The SMILES string of the molecule is Bc1cc(-c2ccccc2)[nH]n1. The highest BCUT2D eigenvalue weighted by molar-refractivity contribution is 6.30. The molecule has 3 heteroatoms. The summed E-state index contributed by atoms with van der Waals surface area (Å²) in [5.41, 5.74) is 3.28. The molecule has 0 aliphatic rings. The number of nitrogens with zero attached hydrogens (tertiary/aromatic N) is 1. The molecule has 12 heavy (non-hydrogen) atoms. The van der Waals surface area contributed by atoms with Crippen LogP contribution in [-0.4, -0.2) is 18.0 Å². The first-order chi connectivity index (χ1) is 5.86. The fourth-order valence-electron chi connectivity index (χ4n) is 1.19. The van der Waals surface area contributed by atoms with Gasteiger partial charge in [0.1, 0.15) is 0 Å². The van der Waals surface area contributed by atoms with E-state index in [9.17, 15) is 0 Å². The van der Waals surface area contributed by atoms with E-state index < -0.39 is 0 Å². The fourth-order valence-corrected chi connectivity index (χ4v) is 1.19. The van der Waals surface area contributed by atoms with Crippen molar-refractivity contribution in [2.24, 2.45) is 0 Å². The predicted octanol–water partition coefficient (Wildman–Crippen LogP) is 0.335. The third-order valence-corrected chi connectivity index (χ3v) is 1.79. The van der Waals surface area contributed by atoms with E-state index in [1.807, 2.05) is 32.1 Å². The summed E-state index contributed by atoms with van der Waals surface area (Å²) in [5, 5.41) is 7.04. The Bertz CT molecular complexity index is 367. The number of nitrogens with one attached hydrogen (secondary N) is 1. The lowest BCUT2D eigenvalue weighted by Gasteiger charge is -1.93. The van der Waals surface area contributed by atoms with E-state index in [1.165, 1.54) is 5.56 Å². The summed E-state index contributed by atoms with van der Waals surface area (Å²) >= 11 is 0. The number of benzene rings is 1. The molecule has 0 saturated carbocycles. The van der Waals surface area contributed by atoms with E-state index in [4.69, 9.17) is 0 Å². The molecule has 2 nitrogen and oxygen atoms in total. The zero-order valence-corrected chi connectivity index (χ0v) is 6.91. The normalized spacial score (nSPS) is 10.0. The standard InChI is InChI=1S/C9H9BN2/c10-9-6-8(11-12-9)7-4-2-1-3-5-7/h1-6H,10H2,(H,11,12). The lowest BCUT2D eigenvalue weighted by molar-refractivity contribution is 1.12. The molecule has 0 atom stereocenters. The number of H-pyrrole nitrogens is 1. The number of aromatic amines is 1. The van der Waals surface area contributed by atoms with Crippen LogP contribution in [0, 0.1) is 0 Å². The van der Waals surface area contributed by atoms with Crippen LogP contribution in [-0.2, 0) is 0 Å². The summed E-state index contributed by atoms with van der Waals surface area (Å²) in [5.74, 6) is 0. The Balaban J connectivity index is 2.45. The van der Waals surface area contributed by atoms with Gasteiger partial charge in [-0.25, -0.2) is 0 Å². The van der Waals surface area contributed by atoms with Crippen LogP contribution in [0.15, 0.2) is 36.4 Å². The van der Waals surface area contributed by atoms with Crippen LogP contribution in [0.3, 0.4) is 0 Å². The van der Waals surface area contributed by atoms with Gasteiger partial charge < -0.3 is 0 Å². The lowest BCUT2D eigenvalue weighted by atomic mass is 10.0. The van der Waals surface area contributed by atoms with E-state index in [0.29, 0.717) is 0 Å². The Morgan fingerprint density at radius 3 is 2.50 bits per heavy atom. The maximum absolute atomic E-state index is 4.07. The van der Waals surface area contributed by atoms with Gasteiger partial charge in [-0.1, -0.05) is 30.3 Å². The van der Waals surface area contributed by atoms with Gasteiger partial charge in [-0.05, 0) is 11.6 Å². The van der Waals surface area contributed by atoms with Crippen LogP contribution >= 0.6 is 0 Å². The van der Waals surface area contributed by atoms with Gasteiger partial charge in [0.2, 0.25) is 0 Å². The van der Waals surface area contributed by atoms with Gasteiger partial charge in [-0.3, -0.25) is 5.10 Å². The molecular formula is C9H9BN2. The Morgan fingerprint density at radius 2 is 1.92 bits per heavy atom. The van der Waals surface area contributed by atoms with Crippen molar-refractivity contribution in [3.05, 3.63) is 36.4 Å². The van der Waals surface area contributed by atoms with E-state index in [2.05, 4.69) is 22.3 Å². The van der Waals surface area contributed by atoms with E-state index in [1.54, 1.807) is 0 Å². The Labute approximate surface area is 72.0 Å². The number of rotatable bonds is 1. The summed E-state index contributed by atoms with van der Waals surface area (Å²) in [6.07, 6.45) is 0. The number of aromatic nitrogens is 2. The van der Waals surface area contributed by atoms with Gasteiger partial charge in [0.05, 0.1) is 5.69 Å². The third-order valence-electron chi connectivity index (χ3n) is 1.79. The van der Waals surface area contributed by atoms with E-state index in [0.717, 1.165) is 11.3 Å². The van der Waals surface area contributed by atoms with E-state index >= 15 is 0 Å². The Hall–Kier alpha value is -1.51. The fraction of sp³-hybridized carbons (Fsp3) is 0. The van der Waals surface area contributed by atoms with Crippen LogP contribution in [0.2, 0.25) is 0 Å². The molecule has 1 aromatic carbocycles. The monoisotopic (exact) mass is 156 g/mol. The van der Waals surface area contributed by atoms with Gasteiger partial charge in [-0.15, -0.1) is 0 Å². The van der Waals surface area contributed by atoms with Crippen molar-refractivity contribution in [1.29, 1.82) is 0 Å². The molecule has 0 saturated heterocycles. The van der Waals surface area contributed by atoms with Crippen LogP contribution in [0.5, 0.6) is 0 Å². The molecule has 2 aromatic rings. The average molecular weight is 156 g/mol. The molecule has 0 spiro atoms. The van der Waals surface area contributed by atoms with Gasteiger partial charge in [-0.2, -0.15) is 5.10 Å². The molecule has 0 amide bonds. The van der Waals surface area contributed by atoms with E-state index in [-0.39, 0.29) is 0 Å². The van der Waals surface area contributed by atoms with Crippen molar-refractivity contribution >= 4 is 13.4 Å². The van der Waals surface area contributed by atoms with Gasteiger partial charge >= 0.3 is 0 Å². The topological polar surface area (TPSA) is 28.7 Å². The smallest absolute Gasteiger partial charge is 0.166 e. The number of hydrogen-bond donors (Lipinski definition) is 1. The molecule has 0 aliphatic carbocycles. The third kappa shape index (κ3) is 1.26. The lowest BCUT2D eigenvalue weighted by Crippen LogP contribution is -2.00. The molecule has 1 N–H and O–H groups in total. The van der Waals surface area contributed by atoms with Crippen molar-refractivity contribution in [3.63, 3.8) is 0 Å². The molecule has 0 bridgehead atoms. The second kappa shape index (κ2) is 2.85. The second-order valence-electron chi connectivity index (χ2n) is 2.79. The first kappa shape index (κ1) is 7.16. The maximum Gasteiger partial charge on any atom is 0.166 e.